The number of rotatable bonds is 8. The van der Waals surface area contributed by atoms with E-state index < -0.39 is 11.9 Å². The normalized spacial score (nSPS) is 17.7. The minimum atomic E-state index is -0.879. The first-order valence-corrected chi connectivity index (χ1v) is 9.79. The molecule has 0 aromatic heterocycles. The molecule has 2 amide bonds. The number of hydrogen-bond donors (Lipinski definition) is 1. The fourth-order valence-electron chi connectivity index (χ4n) is 3.28. The SMILES string of the molecule is CCC(C)c1ccccc1OCC(=O)N(C)CC(=O)N1CCCC(C(=O)O)C1. The van der Waals surface area contributed by atoms with E-state index in [0.29, 0.717) is 31.1 Å². The van der Waals surface area contributed by atoms with Gasteiger partial charge in [0.25, 0.3) is 5.91 Å². The maximum atomic E-state index is 12.4. The molecule has 1 saturated heterocycles. The van der Waals surface area contributed by atoms with Gasteiger partial charge in [-0.05, 0) is 36.8 Å². The Morgan fingerprint density at radius 1 is 1.32 bits per heavy atom. The number of hydrogen-bond acceptors (Lipinski definition) is 4. The van der Waals surface area contributed by atoms with Crippen LogP contribution in [0.15, 0.2) is 24.3 Å². The number of para-hydroxylation sites is 1. The molecule has 0 spiro atoms. The van der Waals surface area contributed by atoms with Gasteiger partial charge in [-0.1, -0.05) is 32.0 Å². The Balaban J connectivity index is 1.88. The second kappa shape index (κ2) is 10.1. The highest BCUT2D eigenvalue weighted by Crippen LogP contribution is 2.28. The van der Waals surface area contributed by atoms with Gasteiger partial charge in [-0.3, -0.25) is 14.4 Å². The van der Waals surface area contributed by atoms with Crippen LogP contribution in [0.5, 0.6) is 5.75 Å². The highest BCUT2D eigenvalue weighted by molar-refractivity contribution is 5.85. The lowest BCUT2D eigenvalue weighted by Crippen LogP contribution is -2.47. The van der Waals surface area contributed by atoms with Crippen LogP contribution in [-0.4, -0.2) is 66.0 Å². The van der Waals surface area contributed by atoms with Crippen molar-refractivity contribution >= 4 is 17.8 Å². The molecule has 28 heavy (non-hydrogen) atoms. The summed E-state index contributed by atoms with van der Waals surface area (Å²) in [6.07, 6.45) is 2.21. The number of amides is 2. The lowest BCUT2D eigenvalue weighted by molar-refractivity contribution is -0.147. The van der Waals surface area contributed by atoms with E-state index in [1.54, 1.807) is 7.05 Å². The molecular weight excluding hydrogens is 360 g/mol. The molecule has 2 rings (SSSR count). The van der Waals surface area contributed by atoms with E-state index >= 15 is 0 Å². The zero-order valence-electron chi connectivity index (χ0n) is 16.9. The Morgan fingerprint density at radius 2 is 2.04 bits per heavy atom. The Kier molecular flexibility index (Phi) is 7.84. The van der Waals surface area contributed by atoms with E-state index in [9.17, 15) is 14.4 Å². The van der Waals surface area contributed by atoms with Crippen molar-refractivity contribution in [1.82, 2.24) is 9.80 Å². The van der Waals surface area contributed by atoms with Crippen LogP contribution in [0.1, 0.15) is 44.6 Å². The molecule has 2 unspecified atom stereocenters. The second-order valence-corrected chi connectivity index (χ2v) is 7.40. The molecule has 1 aliphatic heterocycles. The number of carbonyl (C=O) groups is 3. The number of benzene rings is 1. The lowest BCUT2D eigenvalue weighted by atomic mass is 9.98. The van der Waals surface area contributed by atoms with Crippen molar-refractivity contribution in [2.45, 2.75) is 39.0 Å². The number of carbonyl (C=O) groups excluding carboxylic acids is 2. The summed E-state index contributed by atoms with van der Waals surface area (Å²) in [6, 6.07) is 7.66. The first-order valence-electron chi connectivity index (χ1n) is 9.79. The van der Waals surface area contributed by atoms with Gasteiger partial charge in [0.1, 0.15) is 5.75 Å². The molecule has 1 aliphatic rings. The summed E-state index contributed by atoms with van der Waals surface area (Å²) in [7, 11) is 1.56. The second-order valence-electron chi connectivity index (χ2n) is 7.40. The molecule has 1 aromatic carbocycles. The summed E-state index contributed by atoms with van der Waals surface area (Å²) < 4.78 is 5.72. The molecule has 7 nitrogen and oxygen atoms in total. The molecule has 0 aliphatic carbocycles. The Morgan fingerprint density at radius 3 is 2.71 bits per heavy atom. The number of likely N-dealkylation sites (N-methyl/N-ethyl adjacent to an activating group) is 1. The minimum absolute atomic E-state index is 0.0818. The van der Waals surface area contributed by atoms with Gasteiger partial charge in [-0.25, -0.2) is 0 Å². The molecule has 0 bridgehead atoms. The molecule has 1 heterocycles. The number of aliphatic carboxylic acids is 1. The largest absolute Gasteiger partial charge is 0.483 e. The van der Waals surface area contributed by atoms with Crippen LogP contribution in [0.3, 0.4) is 0 Å². The van der Waals surface area contributed by atoms with Crippen LogP contribution >= 0.6 is 0 Å². The van der Waals surface area contributed by atoms with Gasteiger partial charge in [0.15, 0.2) is 6.61 Å². The third-order valence-corrected chi connectivity index (χ3v) is 5.33. The van der Waals surface area contributed by atoms with Crippen LogP contribution in [0.2, 0.25) is 0 Å². The number of carboxylic acid groups (broad SMARTS) is 1. The van der Waals surface area contributed by atoms with Crippen LogP contribution in [0.25, 0.3) is 0 Å². The Labute approximate surface area is 166 Å². The third kappa shape index (κ3) is 5.71. The molecule has 1 N–H and O–H groups in total. The van der Waals surface area contributed by atoms with Gasteiger partial charge in [0.2, 0.25) is 5.91 Å². The van der Waals surface area contributed by atoms with Crippen LogP contribution in [0, 0.1) is 5.92 Å². The number of ether oxygens (including phenoxy) is 1. The molecule has 1 fully saturated rings. The summed E-state index contributed by atoms with van der Waals surface area (Å²) in [6.45, 7) is 4.72. The quantitative estimate of drug-likeness (QED) is 0.736. The monoisotopic (exact) mass is 390 g/mol. The fourth-order valence-corrected chi connectivity index (χ4v) is 3.28. The molecule has 0 radical (unpaired) electrons. The van der Waals surface area contributed by atoms with E-state index in [2.05, 4.69) is 13.8 Å². The van der Waals surface area contributed by atoms with Crippen molar-refractivity contribution in [3.63, 3.8) is 0 Å². The Bertz CT molecular complexity index is 706. The van der Waals surface area contributed by atoms with E-state index in [1.165, 1.54) is 9.80 Å². The van der Waals surface area contributed by atoms with Crippen LogP contribution < -0.4 is 4.74 Å². The van der Waals surface area contributed by atoms with Gasteiger partial charge in [-0.15, -0.1) is 0 Å². The third-order valence-electron chi connectivity index (χ3n) is 5.33. The smallest absolute Gasteiger partial charge is 0.308 e. The number of likely N-dealkylation sites (tertiary alicyclic amines) is 1. The van der Waals surface area contributed by atoms with Gasteiger partial charge < -0.3 is 19.6 Å². The maximum absolute atomic E-state index is 12.4. The average molecular weight is 390 g/mol. The highest BCUT2D eigenvalue weighted by atomic mass is 16.5. The molecule has 7 heteroatoms. The summed E-state index contributed by atoms with van der Waals surface area (Å²) in [5, 5.41) is 9.15. The lowest BCUT2D eigenvalue weighted by Gasteiger charge is -2.32. The van der Waals surface area contributed by atoms with E-state index in [-0.39, 0.29) is 31.5 Å². The molecule has 1 aromatic rings. The molecule has 2 atom stereocenters. The average Bonchev–Trinajstić information content (AvgIpc) is 2.71. The van der Waals surface area contributed by atoms with Crippen molar-refractivity contribution in [2.24, 2.45) is 5.92 Å². The zero-order valence-corrected chi connectivity index (χ0v) is 16.9. The summed E-state index contributed by atoms with van der Waals surface area (Å²) in [4.78, 5) is 38.8. The summed E-state index contributed by atoms with van der Waals surface area (Å²) in [5.74, 6) is -0.924. The van der Waals surface area contributed by atoms with Gasteiger partial charge >= 0.3 is 5.97 Å². The topological polar surface area (TPSA) is 87.2 Å². The van der Waals surface area contributed by atoms with E-state index in [1.807, 2.05) is 24.3 Å². The van der Waals surface area contributed by atoms with Crippen molar-refractivity contribution in [2.75, 3.05) is 33.3 Å². The highest BCUT2D eigenvalue weighted by Gasteiger charge is 2.29. The first-order chi connectivity index (χ1) is 13.3. The maximum Gasteiger partial charge on any atom is 0.308 e. The van der Waals surface area contributed by atoms with Gasteiger partial charge in [0.05, 0.1) is 12.5 Å². The fraction of sp³-hybridized carbons (Fsp3) is 0.571. The number of piperidine rings is 1. The summed E-state index contributed by atoms with van der Waals surface area (Å²) in [5.41, 5.74) is 1.06. The predicted octanol–water partition coefficient (Wildman–Crippen LogP) is 2.36. The van der Waals surface area contributed by atoms with Crippen molar-refractivity contribution in [3.05, 3.63) is 29.8 Å². The molecule has 0 saturated carbocycles. The number of carboxylic acids is 1. The zero-order chi connectivity index (χ0) is 20.7. The van der Waals surface area contributed by atoms with Crippen LogP contribution in [-0.2, 0) is 14.4 Å². The molecule has 154 valence electrons. The van der Waals surface area contributed by atoms with Crippen LogP contribution in [0.4, 0.5) is 0 Å². The minimum Gasteiger partial charge on any atom is -0.483 e. The Hall–Kier alpha value is -2.57. The van der Waals surface area contributed by atoms with Gasteiger partial charge in [-0.2, -0.15) is 0 Å². The standard InChI is InChI=1S/C21H30N2O5/c1-4-15(2)17-9-5-6-10-18(17)28-14-20(25)22(3)13-19(24)23-11-7-8-16(12-23)21(26)27/h5-6,9-10,15-16H,4,7-8,11-14H2,1-3H3,(H,26,27). The van der Waals surface area contributed by atoms with Gasteiger partial charge in [0, 0.05) is 20.1 Å². The van der Waals surface area contributed by atoms with E-state index in [4.69, 9.17) is 9.84 Å². The van der Waals surface area contributed by atoms with Crippen molar-refractivity contribution < 1.29 is 24.2 Å². The summed E-state index contributed by atoms with van der Waals surface area (Å²) >= 11 is 0. The molecular formula is C21H30N2O5. The number of nitrogens with zero attached hydrogens (tertiary/aromatic N) is 2. The van der Waals surface area contributed by atoms with Crippen molar-refractivity contribution in [3.8, 4) is 5.75 Å². The van der Waals surface area contributed by atoms with E-state index in [0.717, 1.165) is 12.0 Å². The first kappa shape index (κ1) is 21.7. The van der Waals surface area contributed by atoms with Crippen molar-refractivity contribution in [1.29, 1.82) is 0 Å². The predicted molar refractivity (Wildman–Crippen MR) is 105 cm³/mol.